The smallest absolute Gasteiger partial charge is 0.238 e. The molecule has 7 heteroatoms. The van der Waals surface area contributed by atoms with Crippen LogP contribution in [0, 0.1) is 0 Å². The maximum atomic E-state index is 11.5. The lowest BCUT2D eigenvalue weighted by Crippen LogP contribution is -2.11. The van der Waals surface area contributed by atoms with Crippen LogP contribution in [0.15, 0.2) is 118 Å². The van der Waals surface area contributed by atoms with Crippen LogP contribution >= 0.6 is 0 Å². The van der Waals surface area contributed by atoms with Crippen molar-refractivity contribution in [3.63, 3.8) is 0 Å². The summed E-state index contributed by atoms with van der Waals surface area (Å²) in [6.07, 6.45) is 0.870. The number of H-pyrrole nitrogens is 1. The first-order valence-corrected chi connectivity index (χ1v) is 12.3. The molecule has 0 radical (unpaired) electrons. The number of sulfonamides is 1. The van der Waals surface area contributed by atoms with E-state index in [2.05, 4.69) is 51.6 Å². The molecule has 0 spiro atoms. The van der Waals surface area contributed by atoms with Gasteiger partial charge in [0, 0.05) is 16.5 Å². The first kappa shape index (κ1) is 21.8. The largest absolute Gasteiger partial charge is 0.353 e. The van der Waals surface area contributed by atoms with Crippen molar-refractivity contribution in [2.24, 2.45) is 15.4 Å². The normalized spacial score (nSPS) is 11.9. The fraction of sp³-hybridized carbons (Fsp3) is 0.0370. The van der Waals surface area contributed by atoms with Crippen molar-refractivity contribution in [3.8, 4) is 11.3 Å². The molecule has 168 valence electrons. The van der Waals surface area contributed by atoms with E-state index in [0.717, 1.165) is 34.3 Å². The number of hydrogen-bond acceptors (Lipinski definition) is 4. The second-order valence-electron chi connectivity index (χ2n) is 7.99. The summed E-state index contributed by atoms with van der Waals surface area (Å²) >= 11 is 0. The molecule has 0 unspecified atom stereocenters. The Balaban J connectivity index is 1.48. The van der Waals surface area contributed by atoms with Crippen molar-refractivity contribution < 1.29 is 8.42 Å². The van der Waals surface area contributed by atoms with E-state index >= 15 is 0 Å². The highest BCUT2D eigenvalue weighted by atomic mass is 32.2. The summed E-state index contributed by atoms with van der Waals surface area (Å²) in [7, 11) is -3.75. The number of aromatic nitrogens is 1. The number of rotatable bonds is 6. The van der Waals surface area contributed by atoms with Gasteiger partial charge in [0.1, 0.15) is 5.69 Å². The molecule has 6 nitrogen and oxygen atoms in total. The summed E-state index contributed by atoms with van der Waals surface area (Å²) in [4.78, 5) is 3.50. The molecule has 5 rings (SSSR count). The first-order chi connectivity index (χ1) is 16.5. The SMILES string of the molecule is NS(=O)(=O)c1ccc(N=Nc2c(-c3ccc(Cc4ccccc4)cc3)[nH]c3ccccc23)cc1. The number of para-hydroxylation sites is 1. The lowest BCUT2D eigenvalue weighted by atomic mass is 10.0. The predicted molar refractivity (Wildman–Crippen MR) is 135 cm³/mol. The molecule has 0 atom stereocenters. The minimum atomic E-state index is -3.75. The third-order valence-electron chi connectivity index (χ3n) is 5.60. The number of nitrogens with zero attached hydrogens (tertiary/aromatic N) is 2. The topological polar surface area (TPSA) is 101 Å². The van der Waals surface area contributed by atoms with Crippen LogP contribution in [0.25, 0.3) is 22.2 Å². The van der Waals surface area contributed by atoms with Gasteiger partial charge in [-0.3, -0.25) is 0 Å². The number of benzene rings is 4. The molecule has 0 aliphatic rings. The van der Waals surface area contributed by atoms with Crippen LogP contribution < -0.4 is 5.14 Å². The summed E-state index contributed by atoms with van der Waals surface area (Å²) in [5.41, 5.74) is 6.59. The van der Waals surface area contributed by atoms with Gasteiger partial charge in [0.05, 0.1) is 16.3 Å². The van der Waals surface area contributed by atoms with Gasteiger partial charge in [-0.05, 0) is 47.9 Å². The third kappa shape index (κ3) is 4.66. The minimum Gasteiger partial charge on any atom is -0.353 e. The number of hydrogen-bond donors (Lipinski definition) is 2. The predicted octanol–water partition coefficient (Wildman–Crippen LogP) is 6.49. The average molecular weight is 467 g/mol. The fourth-order valence-corrected chi connectivity index (χ4v) is 4.39. The van der Waals surface area contributed by atoms with Crippen molar-refractivity contribution in [1.82, 2.24) is 4.98 Å². The van der Waals surface area contributed by atoms with E-state index in [1.54, 1.807) is 12.1 Å². The van der Waals surface area contributed by atoms with Crippen LogP contribution in [-0.2, 0) is 16.4 Å². The molecule has 0 saturated heterocycles. The molecule has 0 aliphatic heterocycles. The van der Waals surface area contributed by atoms with Gasteiger partial charge in [0.25, 0.3) is 0 Å². The molecule has 4 aromatic carbocycles. The van der Waals surface area contributed by atoms with Crippen LogP contribution in [0.2, 0.25) is 0 Å². The van der Waals surface area contributed by atoms with Crippen molar-refractivity contribution in [1.29, 1.82) is 0 Å². The lowest BCUT2D eigenvalue weighted by Gasteiger charge is -2.05. The Bertz CT molecular complexity index is 1570. The Morgan fingerprint density at radius 1 is 0.706 bits per heavy atom. The summed E-state index contributed by atoms with van der Waals surface area (Å²) in [5.74, 6) is 0. The maximum Gasteiger partial charge on any atom is 0.238 e. The van der Waals surface area contributed by atoms with Gasteiger partial charge in [-0.1, -0.05) is 72.8 Å². The van der Waals surface area contributed by atoms with Crippen molar-refractivity contribution >= 4 is 32.3 Å². The molecule has 34 heavy (non-hydrogen) atoms. The molecule has 1 aromatic heterocycles. The Morgan fingerprint density at radius 2 is 1.35 bits per heavy atom. The summed E-state index contributed by atoms with van der Waals surface area (Å²) in [6, 6.07) is 32.7. The molecule has 1 heterocycles. The monoisotopic (exact) mass is 466 g/mol. The van der Waals surface area contributed by atoms with Gasteiger partial charge < -0.3 is 4.98 Å². The molecule has 0 fully saturated rings. The summed E-state index contributed by atoms with van der Waals surface area (Å²) in [5, 5.41) is 15.0. The van der Waals surface area contributed by atoms with Gasteiger partial charge in [0.15, 0.2) is 0 Å². The molecular weight excluding hydrogens is 444 g/mol. The van der Waals surface area contributed by atoms with E-state index < -0.39 is 10.0 Å². The Kier molecular flexibility index (Phi) is 5.79. The zero-order chi connectivity index (χ0) is 23.5. The van der Waals surface area contributed by atoms with Crippen molar-refractivity contribution in [2.75, 3.05) is 0 Å². The molecule has 0 saturated carbocycles. The lowest BCUT2D eigenvalue weighted by molar-refractivity contribution is 0.598. The Morgan fingerprint density at radius 3 is 2.06 bits per heavy atom. The summed E-state index contributed by atoms with van der Waals surface area (Å²) < 4.78 is 23.0. The minimum absolute atomic E-state index is 0.0369. The zero-order valence-corrected chi connectivity index (χ0v) is 19.0. The number of primary sulfonamides is 1. The van der Waals surface area contributed by atoms with Crippen LogP contribution in [0.1, 0.15) is 11.1 Å². The standard InChI is InChI=1S/C27H22N4O2S/c28-34(32,33)23-16-14-22(15-17-23)30-31-27-24-8-4-5-9-25(24)29-26(27)21-12-10-20(11-13-21)18-19-6-2-1-3-7-19/h1-17,29H,18H2,(H2,28,32,33). The van der Waals surface area contributed by atoms with E-state index in [9.17, 15) is 8.42 Å². The van der Waals surface area contributed by atoms with Crippen LogP contribution in [0.5, 0.6) is 0 Å². The fourth-order valence-electron chi connectivity index (χ4n) is 3.87. The van der Waals surface area contributed by atoms with Gasteiger partial charge in [-0.25, -0.2) is 13.6 Å². The third-order valence-corrected chi connectivity index (χ3v) is 6.53. The van der Waals surface area contributed by atoms with Gasteiger partial charge in [0.2, 0.25) is 10.0 Å². The first-order valence-electron chi connectivity index (χ1n) is 10.8. The second-order valence-corrected chi connectivity index (χ2v) is 9.55. The molecule has 5 aromatic rings. The highest BCUT2D eigenvalue weighted by Gasteiger charge is 2.13. The highest BCUT2D eigenvalue weighted by molar-refractivity contribution is 7.89. The van der Waals surface area contributed by atoms with Crippen molar-refractivity contribution in [3.05, 3.63) is 114 Å². The second kappa shape index (κ2) is 9.05. The van der Waals surface area contributed by atoms with E-state index in [4.69, 9.17) is 5.14 Å². The average Bonchev–Trinajstić information content (AvgIpc) is 3.22. The molecular formula is C27H22N4O2S. The van der Waals surface area contributed by atoms with Crippen LogP contribution in [-0.4, -0.2) is 13.4 Å². The number of azo groups is 1. The molecule has 3 N–H and O–H groups in total. The molecule has 0 bridgehead atoms. The van der Waals surface area contributed by atoms with E-state index in [0.29, 0.717) is 5.69 Å². The number of fused-ring (bicyclic) bond motifs is 1. The van der Waals surface area contributed by atoms with Crippen LogP contribution in [0.4, 0.5) is 11.4 Å². The number of aromatic amines is 1. The molecule has 0 aliphatic carbocycles. The van der Waals surface area contributed by atoms with E-state index in [1.165, 1.54) is 23.3 Å². The quantitative estimate of drug-likeness (QED) is 0.280. The van der Waals surface area contributed by atoms with E-state index in [1.807, 2.05) is 42.5 Å². The molecule has 0 amide bonds. The van der Waals surface area contributed by atoms with Crippen molar-refractivity contribution in [2.45, 2.75) is 11.3 Å². The number of nitrogens with two attached hydrogens (primary N) is 1. The van der Waals surface area contributed by atoms with E-state index in [-0.39, 0.29) is 4.90 Å². The maximum absolute atomic E-state index is 11.5. The van der Waals surface area contributed by atoms with Crippen LogP contribution in [0.3, 0.4) is 0 Å². The number of nitrogens with one attached hydrogen (secondary N) is 1. The van der Waals surface area contributed by atoms with Gasteiger partial charge in [-0.15, -0.1) is 5.11 Å². The summed E-state index contributed by atoms with van der Waals surface area (Å²) in [6.45, 7) is 0. The highest BCUT2D eigenvalue weighted by Crippen LogP contribution is 2.38. The Hall–Kier alpha value is -4.07. The van der Waals surface area contributed by atoms with Gasteiger partial charge in [-0.2, -0.15) is 5.11 Å². The van der Waals surface area contributed by atoms with Gasteiger partial charge >= 0.3 is 0 Å². The Labute approximate surface area is 197 Å². The zero-order valence-electron chi connectivity index (χ0n) is 18.2.